The number of anilines is 2. The number of alkyl halides is 3. The van der Waals surface area contributed by atoms with Gasteiger partial charge in [0, 0.05) is 23.5 Å². The third kappa shape index (κ3) is 3.24. The summed E-state index contributed by atoms with van der Waals surface area (Å²) in [5, 5.41) is 0. The van der Waals surface area contributed by atoms with Crippen LogP contribution in [-0.4, -0.2) is 16.3 Å². The highest BCUT2D eigenvalue weighted by Crippen LogP contribution is 2.27. The monoisotopic (exact) mass is 270 g/mol. The van der Waals surface area contributed by atoms with E-state index in [-0.39, 0.29) is 5.82 Å². The minimum Gasteiger partial charge on any atom is -0.404 e. The van der Waals surface area contributed by atoms with Gasteiger partial charge in [0.25, 0.3) is 0 Å². The third-order valence-corrected chi connectivity index (χ3v) is 2.20. The number of hydrogen-bond acceptors (Lipinski definition) is 5. The van der Waals surface area contributed by atoms with Crippen molar-refractivity contribution in [1.29, 1.82) is 0 Å². The van der Waals surface area contributed by atoms with E-state index < -0.39 is 12.1 Å². The Labute approximate surface area is 106 Å². The van der Waals surface area contributed by atoms with Crippen molar-refractivity contribution in [3.63, 3.8) is 0 Å². The molecule has 0 saturated carbocycles. The second-order valence-corrected chi connectivity index (χ2v) is 3.62. The van der Waals surface area contributed by atoms with Crippen molar-refractivity contribution >= 4 is 11.5 Å². The van der Waals surface area contributed by atoms with Crippen molar-refractivity contribution in [2.24, 2.45) is 0 Å². The van der Waals surface area contributed by atoms with E-state index in [0.717, 1.165) is 12.3 Å². The van der Waals surface area contributed by atoms with Crippen molar-refractivity contribution in [3.05, 3.63) is 30.6 Å². The second kappa shape index (κ2) is 4.63. The normalized spacial score (nSPS) is 11.3. The highest BCUT2D eigenvalue weighted by Gasteiger charge is 2.31. The van der Waals surface area contributed by atoms with E-state index in [0.29, 0.717) is 16.9 Å². The van der Waals surface area contributed by atoms with E-state index in [9.17, 15) is 13.2 Å². The number of nitrogens with two attached hydrogens (primary N) is 2. The van der Waals surface area contributed by atoms with Crippen molar-refractivity contribution in [3.8, 4) is 17.0 Å². The largest absolute Gasteiger partial charge is 0.573 e. The fourth-order valence-corrected chi connectivity index (χ4v) is 1.44. The van der Waals surface area contributed by atoms with E-state index in [4.69, 9.17) is 11.5 Å². The lowest BCUT2D eigenvalue weighted by Crippen LogP contribution is -2.17. The summed E-state index contributed by atoms with van der Waals surface area (Å²) in [5.74, 6) is -0.156. The molecule has 8 heteroatoms. The zero-order chi connectivity index (χ0) is 14.0. The highest BCUT2D eigenvalue weighted by atomic mass is 19.4. The fourth-order valence-electron chi connectivity index (χ4n) is 1.44. The minimum absolute atomic E-state index is 0.248. The first-order valence-electron chi connectivity index (χ1n) is 5.08. The van der Waals surface area contributed by atoms with E-state index in [2.05, 4.69) is 14.7 Å². The molecule has 2 aromatic heterocycles. The predicted molar refractivity (Wildman–Crippen MR) is 63.0 cm³/mol. The van der Waals surface area contributed by atoms with Crippen LogP contribution >= 0.6 is 0 Å². The Morgan fingerprint density at radius 3 is 2.32 bits per heavy atom. The first-order valence-corrected chi connectivity index (χ1v) is 5.08. The quantitative estimate of drug-likeness (QED) is 0.873. The molecule has 100 valence electrons. The van der Waals surface area contributed by atoms with Gasteiger partial charge in [-0.3, -0.25) is 4.98 Å². The average molecular weight is 270 g/mol. The van der Waals surface area contributed by atoms with Gasteiger partial charge in [0.05, 0.1) is 11.9 Å². The Morgan fingerprint density at radius 1 is 1.05 bits per heavy atom. The summed E-state index contributed by atoms with van der Waals surface area (Å²) in [5.41, 5.74) is 12.4. The predicted octanol–water partition coefficient (Wildman–Crippen LogP) is 2.21. The number of halogens is 3. The maximum atomic E-state index is 12.0. The zero-order valence-electron chi connectivity index (χ0n) is 9.48. The van der Waals surface area contributed by atoms with Crippen LogP contribution in [0.5, 0.6) is 5.75 Å². The van der Waals surface area contributed by atoms with E-state index in [1.54, 1.807) is 0 Å². The summed E-state index contributed by atoms with van der Waals surface area (Å²) >= 11 is 0. The molecular weight excluding hydrogens is 261 g/mol. The van der Waals surface area contributed by atoms with Crippen LogP contribution in [0.25, 0.3) is 11.3 Å². The first kappa shape index (κ1) is 12.9. The molecule has 0 atom stereocenters. The van der Waals surface area contributed by atoms with E-state index in [1.807, 2.05) is 0 Å². The number of pyridine rings is 2. The Hall–Kier alpha value is -2.51. The van der Waals surface area contributed by atoms with E-state index >= 15 is 0 Å². The Bertz CT molecular complexity index is 583. The molecule has 0 unspecified atom stereocenters. The Balaban J connectivity index is 2.27. The van der Waals surface area contributed by atoms with Gasteiger partial charge in [0.1, 0.15) is 11.6 Å². The van der Waals surface area contributed by atoms with Crippen molar-refractivity contribution in [1.82, 2.24) is 9.97 Å². The van der Waals surface area contributed by atoms with Crippen molar-refractivity contribution < 1.29 is 17.9 Å². The molecule has 2 aromatic rings. The SMILES string of the molecule is Nc1cc(N)c(-c2ccc(OC(F)(F)F)cn2)cn1. The smallest absolute Gasteiger partial charge is 0.404 e. The van der Waals surface area contributed by atoms with Gasteiger partial charge in [0.2, 0.25) is 0 Å². The standard InChI is InChI=1S/C11H9F3N4O/c12-11(13,14)19-6-1-2-9(17-4-6)7-5-18-10(16)3-8(7)15/h1-5H,(H4,15,16,18). The van der Waals surface area contributed by atoms with Crippen LogP contribution in [0, 0.1) is 0 Å². The molecule has 5 nitrogen and oxygen atoms in total. The molecule has 0 saturated heterocycles. The van der Waals surface area contributed by atoms with Gasteiger partial charge in [-0.1, -0.05) is 0 Å². The maximum absolute atomic E-state index is 12.0. The number of rotatable bonds is 2. The minimum atomic E-state index is -4.75. The summed E-state index contributed by atoms with van der Waals surface area (Å²) in [7, 11) is 0. The van der Waals surface area contributed by atoms with Gasteiger partial charge in [0.15, 0.2) is 0 Å². The number of nitrogens with zero attached hydrogens (tertiary/aromatic N) is 2. The number of ether oxygens (including phenoxy) is 1. The molecule has 4 N–H and O–H groups in total. The molecule has 0 aliphatic heterocycles. The van der Waals surface area contributed by atoms with Gasteiger partial charge >= 0.3 is 6.36 Å². The van der Waals surface area contributed by atoms with Crippen LogP contribution in [0.15, 0.2) is 30.6 Å². The van der Waals surface area contributed by atoms with Gasteiger partial charge in [-0.2, -0.15) is 0 Å². The number of nitrogen functional groups attached to an aromatic ring is 2. The number of hydrogen-bond donors (Lipinski definition) is 2. The van der Waals surface area contributed by atoms with Crippen LogP contribution < -0.4 is 16.2 Å². The lowest BCUT2D eigenvalue weighted by Gasteiger charge is -2.09. The topological polar surface area (TPSA) is 87.0 Å². The fraction of sp³-hybridized carbons (Fsp3) is 0.0909. The summed E-state index contributed by atoms with van der Waals surface area (Å²) in [6.07, 6.45) is -2.39. The summed E-state index contributed by atoms with van der Waals surface area (Å²) < 4.78 is 39.7. The molecule has 19 heavy (non-hydrogen) atoms. The average Bonchev–Trinajstić information content (AvgIpc) is 2.28. The van der Waals surface area contributed by atoms with Crippen LogP contribution in [0.4, 0.5) is 24.7 Å². The molecule has 0 aliphatic carbocycles. The molecule has 0 radical (unpaired) electrons. The molecule has 0 spiro atoms. The van der Waals surface area contributed by atoms with Crippen LogP contribution in [0.2, 0.25) is 0 Å². The van der Waals surface area contributed by atoms with Gasteiger partial charge < -0.3 is 16.2 Å². The molecule has 2 rings (SSSR count). The first-order chi connectivity index (χ1) is 8.85. The zero-order valence-corrected chi connectivity index (χ0v) is 9.48. The molecule has 0 aromatic carbocycles. The maximum Gasteiger partial charge on any atom is 0.573 e. The Kier molecular flexibility index (Phi) is 3.16. The molecule has 0 amide bonds. The van der Waals surface area contributed by atoms with E-state index in [1.165, 1.54) is 18.3 Å². The van der Waals surface area contributed by atoms with Crippen LogP contribution in [-0.2, 0) is 0 Å². The highest BCUT2D eigenvalue weighted by molar-refractivity contribution is 5.74. The molecule has 0 fully saturated rings. The summed E-state index contributed by atoms with van der Waals surface area (Å²) in [4.78, 5) is 7.68. The molecule has 0 aliphatic rings. The van der Waals surface area contributed by atoms with Gasteiger partial charge in [-0.15, -0.1) is 13.2 Å². The van der Waals surface area contributed by atoms with Crippen molar-refractivity contribution in [2.45, 2.75) is 6.36 Å². The lowest BCUT2D eigenvalue weighted by atomic mass is 10.1. The number of aromatic nitrogens is 2. The molecule has 0 bridgehead atoms. The van der Waals surface area contributed by atoms with Gasteiger partial charge in [-0.05, 0) is 12.1 Å². The Morgan fingerprint density at radius 2 is 1.79 bits per heavy atom. The molecular formula is C11H9F3N4O. The third-order valence-electron chi connectivity index (χ3n) is 2.20. The van der Waals surface area contributed by atoms with Crippen LogP contribution in [0.3, 0.4) is 0 Å². The summed E-state index contributed by atoms with van der Waals surface area (Å²) in [6, 6.07) is 3.94. The second-order valence-electron chi connectivity index (χ2n) is 3.62. The summed E-state index contributed by atoms with van der Waals surface area (Å²) in [6.45, 7) is 0. The van der Waals surface area contributed by atoms with Crippen molar-refractivity contribution in [2.75, 3.05) is 11.5 Å². The lowest BCUT2D eigenvalue weighted by molar-refractivity contribution is -0.274. The van der Waals surface area contributed by atoms with Crippen LogP contribution in [0.1, 0.15) is 0 Å². The molecule has 2 heterocycles. The van der Waals surface area contributed by atoms with Gasteiger partial charge in [-0.25, -0.2) is 4.98 Å².